The summed E-state index contributed by atoms with van der Waals surface area (Å²) >= 11 is 0. The van der Waals surface area contributed by atoms with Crippen LogP contribution in [0.15, 0.2) is 24.3 Å². The van der Waals surface area contributed by atoms with Crippen molar-refractivity contribution < 1.29 is 14.7 Å². The van der Waals surface area contributed by atoms with Crippen LogP contribution in [-0.2, 0) is 16.0 Å². The highest BCUT2D eigenvalue weighted by atomic mass is 16.3. The van der Waals surface area contributed by atoms with Crippen LogP contribution in [0.4, 0.5) is 0 Å². The zero-order valence-corrected chi connectivity index (χ0v) is 12.4. The Bertz CT molecular complexity index is 492. The van der Waals surface area contributed by atoms with E-state index in [0.717, 1.165) is 0 Å². The van der Waals surface area contributed by atoms with Crippen LogP contribution >= 0.6 is 0 Å². The first-order valence-electron chi connectivity index (χ1n) is 6.57. The number of hydrogen-bond donors (Lipinski definition) is 3. The lowest BCUT2D eigenvalue weighted by atomic mass is 10.1. The third-order valence-corrected chi connectivity index (χ3v) is 2.61. The summed E-state index contributed by atoms with van der Waals surface area (Å²) in [5.74, 6) is -0.458. The molecule has 20 heavy (non-hydrogen) atoms. The summed E-state index contributed by atoms with van der Waals surface area (Å²) in [5.41, 5.74) is 0.196. The number of rotatable bonds is 4. The predicted molar refractivity (Wildman–Crippen MR) is 77.3 cm³/mol. The van der Waals surface area contributed by atoms with E-state index in [0.29, 0.717) is 5.56 Å². The normalized spacial score (nSPS) is 12.6. The fraction of sp³-hybridized carbons (Fsp3) is 0.467. The molecule has 0 saturated carbocycles. The number of nitrogens with one attached hydrogen (secondary N) is 2. The van der Waals surface area contributed by atoms with Crippen molar-refractivity contribution in [1.82, 2.24) is 10.6 Å². The Morgan fingerprint density at radius 3 is 2.40 bits per heavy atom. The SMILES string of the molecule is CC(NC(=O)Cc1ccccc1O)C(=O)NC(C)(C)C. The second kappa shape index (κ2) is 6.41. The summed E-state index contributed by atoms with van der Waals surface area (Å²) in [7, 11) is 0. The van der Waals surface area contributed by atoms with E-state index in [1.807, 2.05) is 20.8 Å². The highest BCUT2D eigenvalue weighted by Crippen LogP contribution is 2.15. The largest absolute Gasteiger partial charge is 0.508 e. The summed E-state index contributed by atoms with van der Waals surface area (Å²) in [6.07, 6.45) is 0.0415. The third-order valence-electron chi connectivity index (χ3n) is 2.61. The van der Waals surface area contributed by atoms with E-state index < -0.39 is 6.04 Å². The van der Waals surface area contributed by atoms with Gasteiger partial charge in [0.05, 0.1) is 6.42 Å². The molecule has 0 aromatic heterocycles. The minimum Gasteiger partial charge on any atom is -0.508 e. The van der Waals surface area contributed by atoms with Gasteiger partial charge in [-0.3, -0.25) is 9.59 Å². The lowest BCUT2D eigenvalue weighted by Crippen LogP contribution is -2.51. The first-order chi connectivity index (χ1) is 9.19. The Balaban J connectivity index is 2.54. The average molecular weight is 278 g/mol. The van der Waals surface area contributed by atoms with E-state index in [1.54, 1.807) is 25.1 Å². The molecule has 0 bridgehead atoms. The van der Waals surface area contributed by atoms with Gasteiger partial charge in [0, 0.05) is 11.1 Å². The molecule has 0 saturated heterocycles. The summed E-state index contributed by atoms with van der Waals surface area (Å²) in [4.78, 5) is 23.7. The molecule has 5 heteroatoms. The zero-order chi connectivity index (χ0) is 15.3. The second-order valence-corrected chi connectivity index (χ2v) is 5.83. The minimum atomic E-state index is -0.618. The molecule has 1 atom stereocenters. The smallest absolute Gasteiger partial charge is 0.242 e. The maximum atomic E-state index is 11.8. The first-order valence-corrected chi connectivity index (χ1v) is 6.57. The van der Waals surface area contributed by atoms with Crippen LogP contribution in [-0.4, -0.2) is 28.5 Å². The molecular formula is C15H22N2O3. The molecule has 110 valence electrons. The molecule has 1 aromatic carbocycles. The third kappa shape index (κ3) is 5.30. The molecule has 0 heterocycles. The molecule has 2 amide bonds. The van der Waals surface area contributed by atoms with E-state index in [4.69, 9.17) is 0 Å². The van der Waals surface area contributed by atoms with Gasteiger partial charge in [0.15, 0.2) is 0 Å². The summed E-state index contributed by atoms with van der Waals surface area (Å²) < 4.78 is 0. The van der Waals surface area contributed by atoms with Crippen LogP contribution in [0.2, 0.25) is 0 Å². The number of carbonyl (C=O) groups is 2. The molecule has 1 unspecified atom stereocenters. The first kappa shape index (κ1) is 16.0. The lowest BCUT2D eigenvalue weighted by Gasteiger charge is -2.23. The average Bonchev–Trinajstić information content (AvgIpc) is 2.29. The van der Waals surface area contributed by atoms with Gasteiger partial charge in [-0.05, 0) is 33.8 Å². The van der Waals surface area contributed by atoms with E-state index in [2.05, 4.69) is 10.6 Å². The molecule has 3 N–H and O–H groups in total. The summed E-state index contributed by atoms with van der Waals surface area (Å²) in [5, 5.41) is 15.0. The molecule has 0 aliphatic heterocycles. The van der Waals surface area contributed by atoms with Crippen molar-refractivity contribution in [2.24, 2.45) is 0 Å². The Kier molecular flexibility index (Phi) is 5.13. The van der Waals surface area contributed by atoms with Crippen molar-refractivity contribution in [2.75, 3.05) is 0 Å². The maximum Gasteiger partial charge on any atom is 0.242 e. The number of phenols is 1. The van der Waals surface area contributed by atoms with Gasteiger partial charge < -0.3 is 15.7 Å². The van der Waals surface area contributed by atoms with Crippen molar-refractivity contribution in [2.45, 2.75) is 45.7 Å². The van der Waals surface area contributed by atoms with E-state index in [9.17, 15) is 14.7 Å². The number of aromatic hydroxyl groups is 1. The van der Waals surface area contributed by atoms with E-state index >= 15 is 0 Å². The molecule has 1 aromatic rings. The number of carbonyl (C=O) groups excluding carboxylic acids is 2. The minimum absolute atomic E-state index is 0.0415. The van der Waals surface area contributed by atoms with Crippen molar-refractivity contribution >= 4 is 11.8 Å². The van der Waals surface area contributed by atoms with Crippen LogP contribution in [0, 0.1) is 0 Å². The zero-order valence-electron chi connectivity index (χ0n) is 12.4. The van der Waals surface area contributed by atoms with Crippen molar-refractivity contribution in [3.05, 3.63) is 29.8 Å². The monoisotopic (exact) mass is 278 g/mol. The van der Waals surface area contributed by atoms with Crippen LogP contribution in [0.1, 0.15) is 33.3 Å². The molecule has 5 nitrogen and oxygen atoms in total. The van der Waals surface area contributed by atoms with Gasteiger partial charge in [-0.1, -0.05) is 18.2 Å². The van der Waals surface area contributed by atoms with Crippen molar-refractivity contribution in [3.63, 3.8) is 0 Å². The van der Waals surface area contributed by atoms with Gasteiger partial charge in [0.2, 0.25) is 11.8 Å². The molecule has 0 radical (unpaired) electrons. The number of benzene rings is 1. The molecule has 0 aliphatic rings. The van der Waals surface area contributed by atoms with Crippen LogP contribution in [0.3, 0.4) is 0 Å². The van der Waals surface area contributed by atoms with Crippen LogP contribution in [0.5, 0.6) is 5.75 Å². The molecule has 0 spiro atoms. The molecular weight excluding hydrogens is 256 g/mol. The van der Waals surface area contributed by atoms with E-state index in [-0.39, 0.29) is 29.5 Å². The molecule has 0 aliphatic carbocycles. The maximum absolute atomic E-state index is 11.8. The highest BCUT2D eigenvalue weighted by molar-refractivity contribution is 5.88. The topological polar surface area (TPSA) is 78.4 Å². The molecule has 0 fully saturated rings. The van der Waals surface area contributed by atoms with Gasteiger partial charge in [-0.15, -0.1) is 0 Å². The van der Waals surface area contributed by atoms with Gasteiger partial charge in [-0.25, -0.2) is 0 Å². The Hall–Kier alpha value is -2.04. The van der Waals surface area contributed by atoms with E-state index in [1.165, 1.54) is 6.07 Å². The number of para-hydroxylation sites is 1. The van der Waals surface area contributed by atoms with Crippen molar-refractivity contribution in [1.29, 1.82) is 0 Å². The molecule has 1 rings (SSSR count). The van der Waals surface area contributed by atoms with Crippen molar-refractivity contribution in [3.8, 4) is 5.75 Å². The van der Waals surface area contributed by atoms with Gasteiger partial charge in [0.25, 0.3) is 0 Å². The second-order valence-electron chi connectivity index (χ2n) is 5.83. The number of phenolic OH excluding ortho intramolecular Hbond substituents is 1. The van der Waals surface area contributed by atoms with Gasteiger partial charge in [0.1, 0.15) is 11.8 Å². The predicted octanol–water partition coefficient (Wildman–Crippen LogP) is 1.35. The number of hydrogen-bond acceptors (Lipinski definition) is 3. The lowest BCUT2D eigenvalue weighted by molar-refractivity contribution is -0.129. The quantitative estimate of drug-likeness (QED) is 0.778. The van der Waals surface area contributed by atoms with Crippen LogP contribution < -0.4 is 10.6 Å². The highest BCUT2D eigenvalue weighted by Gasteiger charge is 2.20. The van der Waals surface area contributed by atoms with Gasteiger partial charge in [-0.2, -0.15) is 0 Å². The Morgan fingerprint density at radius 2 is 1.85 bits per heavy atom. The standard InChI is InChI=1S/C15H22N2O3/c1-10(14(20)17-15(2,3)4)16-13(19)9-11-7-5-6-8-12(11)18/h5-8,10,18H,9H2,1-4H3,(H,16,19)(H,17,20). The van der Waals surface area contributed by atoms with Crippen LogP contribution in [0.25, 0.3) is 0 Å². The fourth-order valence-electron chi connectivity index (χ4n) is 1.67. The fourth-order valence-corrected chi connectivity index (χ4v) is 1.67. The summed E-state index contributed by atoms with van der Waals surface area (Å²) in [6, 6.07) is 6.02. The Morgan fingerprint density at radius 1 is 1.25 bits per heavy atom. The summed E-state index contributed by atoms with van der Waals surface area (Å²) in [6.45, 7) is 7.26. The Labute approximate surface area is 119 Å². The number of amides is 2. The van der Waals surface area contributed by atoms with Gasteiger partial charge >= 0.3 is 0 Å².